The predicted molar refractivity (Wildman–Crippen MR) is 88.6 cm³/mol. The molecule has 112 valence electrons. The van der Waals surface area contributed by atoms with Crippen molar-refractivity contribution >= 4 is 0 Å². The highest BCUT2D eigenvalue weighted by Gasteiger charge is 2.25. The Balaban J connectivity index is 2.27. The molecule has 2 unspecified atom stereocenters. The second kappa shape index (κ2) is 7.26. The smallest absolute Gasteiger partial charge is 0.0136 e. The van der Waals surface area contributed by atoms with Crippen LogP contribution in [0.25, 0.3) is 0 Å². The van der Waals surface area contributed by atoms with Gasteiger partial charge < -0.3 is 5.32 Å². The first kappa shape index (κ1) is 15.6. The average molecular weight is 273 g/mol. The maximum Gasteiger partial charge on any atom is 0.0136 e. The molecule has 2 atom stereocenters. The van der Waals surface area contributed by atoms with Crippen LogP contribution in [0.4, 0.5) is 0 Å². The van der Waals surface area contributed by atoms with Gasteiger partial charge in [0.1, 0.15) is 0 Å². The quantitative estimate of drug-likeness (QED) is 0.759. The maximum absolute atomic E-state index is 3.82. The van der Waals surface area contributed by atoms with E-state index in [1.807, 2.05) is 0 Å². The van der Waals surface area contributed by atoms with E-state index in [4.69, 9.17) is 0 Å². The molecule has 0 saturated heterocycles. The van der Waals surface area contributed by atoms with Crippen LogP contribution in [0, 0.1) is 20.8 Å². The van der Waals surface area contributed by atoms with Crippen molar-refractivity contribution < 1.29 is 0 Å². The lowest BCUT2D eigenvalue weighted by Gasteiger charge is -2.28. The van der Waals surface area contributed by atoms with E-state index in [0.717, 1.165) is 6.54 Å². The molecule has 1 aromatic carbocycles. The lowest BCUT2D eigenvalue weighted by Crippen LogP contribution is -2.35. The highest BCUT2D eigenvalue weighted by atomic mass is 14.9. The molecule has 1 aliphatic rings. The van der Waals surface area contributed by atoms with Crippen molar-refractivity contribution in [3.63, 3.8) is 0 Å². The van der Waals surface area contributed by atoms with Crippen LogP contribution in [0.3, 0.4) is 0 Å². The summed E-state index contributed by atoms with van der Waals surface area (Å²) < 4.78 is 0. The molecule has 1 aliphatic carbocycles. The van der Waals surface area contributed by atoms with Crippen LogP contribution in [0.1, 0.15) is 73.6 Å². The topological polar surface area (TPSA) is 12.0 Å². The minimum atomic E-state index is 0.679. The van der Waals surface area contributed by atoms with Crippen LogP contribution < -0.4 is 5.32 Å². The number of aryl methyl sites for hydroxylation is 3. The Labute approximate surface area is 125 Å². The van der Waals surface area contributed by atoms with E-state index in [1.54, 1.807) is 5.56 Å². The zero-order valence-electron chi connectivity index (χ0n) is 13.8. The second-order valence-electron chi connectivity index (χ2n) is 6.60. The summed E-state index contributed by atoms with van der Waals surface area (Å²) in [5, 5.41) is 3.82. The molecule has 1 saturated carbocycles. The largest absolute Gasteiger partial charge is 0.313 e. The third-order valence-corrected chi connectivity index (χ3v) is 4.95. The van der Waals surface area contributed by atoms with Crippen molar-refractivity contribution in [3.8, 4) is 0 Å². The normalized spacial score (nSPS) is 23.6. The van der Waals surface area contributed by atoms with Gasteiger partial charge >= 0.3 is 0 Å². The first-order chi connectivity index (χ1) is 9.63. The summed E-state index contributed by atoms with van der Waals surface area (Å²) >= 11 is 0. The fraction of sp³-hybridized carbons (Fsp3) is 0.684. The van der Waals surface area contributed by atoms with E-state index in [-0.39, 0.29) is 0 Å². The monoisotopic (exact) mass is 273 g/mol. The van der Waals surface area contributed by atoms with Crippen LogP contribution in [0.15, 0.2) is 12.1 Å². The van der Waals surface area contributed by atoms with Gasteiger partial charge in [0.2, 0.25) is 0 Å². The third-order valence-electron chi connectivity index (χ3n) is 4.95. The number of hydrogen-bond acceptors (Lipinski definition) is 1. The molecule has 20 heavy (non-hydrogen) atoms. The van der Waals surface area contributed by atoms with Crippen LogP contribution in [0.2, 0.25) is 0 Å². The summed E-state index contributed by atoms with van der Waals surface area (Å²) in [5.41, 5.74) is 5.97. The van der Waals surface area contributed by atoms with E-state index in [2.05, 4.69) is 45.1 Å². The van der Waals surface area contributed by atoms with Crippen LogP contribution in [-0.4, -0.2) is 12.6 Å². The first-order valence-corrected chi connectivity index (χ1v) is 8.44. The van der Waals surface area contributed by atoms with Gasteiger partial charge in [-0.15, -0.1) is 0 Å². The van der Waals surface area contributed by atoms with Gasteiger partial charge in [-0.3, -0.25) is 0 Å². The molecule has 0 aliphatic heterocycles. The van der Waals surface area contributed by atoms with E-state index >= 15 is 0 Å². The Bertz CT molecular complexity index is 436. The molecule has 0 radical (unpaired) electrons. The van der Waals surface area contributed by atoms with Gasteiger partial charge in [0.25, 0.3) is 0 Å². The van der Waals surface area contributed by atoms with Crippen molar-refractivity contribution in [1.82, 2.24) is 5.32 Å². The number of hydrogen-bond donors (Lipinski definition) is 1. The van der Waals surface area contributed by atoms with Gasteiger partial charge in [0.15, 0.2) is 0 Å². The summed E-state index contributed by atoms with van der Waals surface area (Å²) in [7, 11) is 0. The van der Waals surface area contributed by atoms with E-state index in [1.165, 1.54) is 55.2 Å². The molecule has 0 spiro atoms. The summed E-state index contributed by atoms with van der Waals surface area (Å²) in [6, 6.07) is 5.52. The Morgan fingerprint density at radius 2 is 1.65 bits per heavy atom. The van der Waals surface area contributed by atoms with Gasteiger partial charge in [-0.25, -0.2) is 0 Å². The predicted octanol–water partition coefficient (Wildman–Crippen LogP) is 5.03. The molecule has 0 aromatic heterocycles. The van der Waals surface area contributed by atoms with Crippen molar-refractivity contribution in [2.75, 3.05) is 6.54 Å². The van der Waals surface area contributed by atoms with Crippen LogP contribution in [-0.2, 0) is 0 Å². The Morgan fingerprint density at radius 1 is 0.950 bits per heavy atom. The molecule has 0 bridgehead atoms. The van der Waals surface area contributed by atoms with Crippen molar-refractivity contribution in [1.29, 1.82) is 0 Å². The van der Waals surface area contributed by atoms with Gasteiger partial charge in [-0.1, -0.05) is 38.3 Å². The van der Waals surface area contributed by atoms with E-state index in [0.29, 0.717) is 12.0 Å². The lowest BCUT2D eigenvalue weighted by molar-refractivity contribution is 0.410. The summed E-state index contributed by atoms with van der Waals surface area (Å²) in [6.45, 7) is 10.2. The number of nitrogens with one attached hydrogen (secondary N) is 1. The molecule has 1 heteroatoms. The van der Waals surface area contributed by atoms with Crippen LogP contribution in [0.5, 0.6) is 0 Å². The second-order valence-corrected chi connectivity index (χ2v) is 6.60. The standard InChI is InChI=1S/C19H31N/c1-5-11-20-19-10-8-6-7-9-17(19)18-13-15(3)14(2)12-16(18)4/h12-13,17,19-20H,5-11H2,1-4H3. The molecule has 0 amide bonds. The van der Waals surface area contributed by atoms with Gasteiger partial charge in [0, 0.05) is 6.04 Å². The minimum absolute atomic E-state index is 0.679. The first-order valence-electron chi connectivity index (χ1n) is 8.44. The fourth-order valence-corrected chi connectivity index (χ4v) is 3.64. The summed E-state index contributed by atoms with van der Waals surface area (Å²) in [6.07, 6.45) is 8.12. The molecule has 1 N–H and O–H groups in total. The highest BCUT2D eigenvalue weighted by molar-refractivity contribution is 5.39. The lowest BCUT2D eigenvalue weighted by atomic mass is 9.83. The minimum Gasteiger partial charge on any atom is -0.313 e. The Morgan fingerprint density at radius 3 is 2.40 bits per heavy atom. The number of benzene rings is 1. The Hall–Kier alpha value is -0.820. The zero-order valence-corrected chi connectivity index (χ0v) is 13.8. The SMILES string of the molecule is CCCNC1CCCCCC1c1cc(C)c(C)cc1C. The van der Waals surface area contributed by atoms with Crippen molar-refractivity contribution in [2.45, 2.75) is 78.2 Å². The van der Waals surface area contributed by atoms with Gasteiger partial charge in [-0.2, -0.15) is 0 Å². The molecule has 1 fully saturated rings. The molecule has 1 nitrogen and oxygen atoms in total. The van der Waals surface area contributed by atoms with Crippen molar-refractivity contribution in [2.24, 2.45) is 0 Å². The molecule has 2 rings (SSSR count). The van der Waals surface area contributed by atoms with Gasteiger partial charge in [0.05, 0.1) is 0 Å². The highest BCUT2D eigenvalue weighted by Crippen LogP contribution is 2.34. The molecular weight excluding hydrogens is 242 g/mol. The zero-order chi connectivity index (χ0) is 14.5. The summed E-state index contributed by atoms with van der Waals surface area (Å²) in [4.78, 5) is 0. The molecular formula is C19H31N. The average Bonchev–Trinajstić information content (AvgIpc) is 2.66. The van der Waals surface area contributed by atoms with E-state index in [9.17, 15) is 0 Å². The number of rotatable bonds is 4. The van der Waals surface area contributed by atoms with Crippen LogP contribution >= 0.6 is 0 Å². The molecule has 1 aromatic rings. The summed E-state index contributed by atoms with van der Waals surface area (Å²) in [5.74, 6) is 0.711. The Kier molecular flexibility index (Phi) is 5.65. The maximum atomic E-state index is 3.82. The van der Waals surface area contributed by atoms with Gasteiger partial charge in [-0.05, 0) is 74.8 Å². The third kappa shape index (κ3) is 3.63. The van der Waals surface area contributed by atoms with Crippen molar-refractivity contribution in [3.05, 3.63) is 34.4 Å². The fourth-order valence-electron chi connectivity index (χ4n) is 3.64. The molecule has 0 heterocycles. The van der Waals surface area contributed by atoms with E-state index < -0.39 is 0 Å².